The molecular formula is C13H14N2O4S. The van der Waals surface area contributed by atoms with E-state index in [4.69, 9.17) is 9.52 Å². The number of oxazole rings is 1. The molecule has 2 rings (SSSR count). The van der Waals surface area contributed by atoms with Crippen molar-refractivity contribution in [1.29, 1.82) is 0 Å². The van der Waals surface area contributed by atoms with Crippen LogP contribution in [0.15, 0.2) is 33.9 Å². The maximum absolute atomic E-state index is 11.6. The topological polar surface area (TPSA) is 92.4 Å². The van der Waals surface area contributed by atoms with E-state index in [2.05, 4.69) is 10.3 Å². The molecule has 0 saturated carbocycles. The van der Waals surface area contributed by atoms with Gasteiger partial charge in [0.2, 0.25) is 5.91 Å². The monoisotopic (exact) mass is 294 g/mol. The number of carboxylic acids is 1. The third-order valence-electron chi connectivity index (χ3n) is 2.64. The first-order chi connectivity index (χ1) is 9.60. The van der Waals surface area contributed by atoms with Crippen LogP contribution in [0.1, 0.15) is 13.3 Å². The number of thioether (sulfide) groups is 1. The van der Waals surface area contributed by atoms with Gasteiger partial charge < -0.3 is 14.8 Å². The lowest BCUT2D eigenvalue weighted by atomic mass is 10.2. The van der Waals surface area contributed by atoms with Crippen LogP contribution in [0.2, 0.25) is 0 Å². The van der Waals surface area contributed by atoms with Crippen LogP contribution in [0.25, 0.3) is 11.1 Å². The third kappa shape index (κ3) is 3.51. The highest BCUT2D eigenvalue weighted by molar-refractivity contribution is 7.99. The van der Waals surface area contributed by atoms with Crippen LogP contribution in [-0.4, -0.2) is 33.8 Å². The molecule has 7 heteroatoms. The molecule has 0 aliphatic heterocycles. The van der Waals surface area contributed by atoms with Gasteiger partial charge in [-0.15, -0.1) is 0 Å². The van der Waals surface area contributed by atoms with Crippen LogP contribution in [-0.2, 0) is 9.59 Å². The van der Waals surface area contributed by atoms with Gasteiger partial charge in [0.05, 0.1) is 5.75 Å². The van der Waals surface area contributed by atoms with Gasteiger partial charge in [0, 0.05) is 0 Å². The largest absolute Gasteiger partial charge is 0.480 e. The molecule has 0 aliphatic rings. The number of rotatable bonds is 6. The minimum atomic E-state index is -1.03. The first-order valence-electron chi connectivity index (χ1n) is 6.10. The molecule has 0 radical (unpaired) electrons. The van der Waals surface area contributed by atoms with Crippen molar-refractivity contribution in [3.05, 3.63) is 24.3 Å². The van der Waals surface area contributed by atoms with E-state index in [1.807, 2.05) is 18.2 Å². The van der Waals surface area contributed by atoms with Gasteiger partial charge in [-0.1, -0.05) is 30.8 Å². The number of hydrogen-bond acceptors (Lipinski definition) is 5. The molecule has 6 nitrogen and oxygen atoms in total. The molecule has 0 fully saturated rings. The van der Waals surface area contributed by atoms with Crippen molar-refractivity contribution in [3.8, 4) is 0 Å². The van der Waals surface area contributed by atoms with E-state index >= 15 is 0 Å². The average molecular weight is 294 g/mol. The molecule has 1 atom stereocenters. The zero-order chi connectivity index (χ0) is 14.5. The normalized spacial score (nSPS) is 12.2. The molecule has 2 N–H and O–H groups in total. The third-order valence-corrected chi connectivity index (χ3v) is 3.47. The Hall–Kier alpha value is -2.02. The van der Waals surface area contributed by atoms with Crippen molar-refractivity contribution in [3.63, 3.8) is 0 Å². The second kappa shape index (κ2) is 6.42. The second-order valence-electron chi connectivity index (χ2n) is 4.10. The fourth-order valence-corrected chi connectivity index (χ4v) is 2.26. The standard InChI is InChI=1S/C13H14N2O4S/c1-2-8(12(17)18)14-11(16)7-20-13-15-9-5-3-4-6-10(9)19-13/h3-6,8H,2,7H2,1H3,(H,14,16)(H,17,18). The van der Waals surface area contributed by atoms with Crippen LogP contribution in [0, 0.1) is 0 Å². The summed E-state index contributed by atoms with van der Waals surface area (Å²) in [5.74, 6) is -1.32. The Morgan fingerprint density at radius 1 is 1.45 bits per heavy atom. The number of hydrogen-bond donors (Lipinski definition) is 2. The van der Waals surface area contributed by atoms with E-state index in [0.29, 0.717) is 17.2 Å². The van der Waals surface area contributed by atoms with Gasteiger partial charge in [-0.2, -0.15) is 0 Å². The lowest BCUT2D eigenvalue weighted by Gasteiger charge is -2.11. The van der Waals surface area contributed by atoms with Gasteiger partial charge in [0.1, 0.15) is 11.6 Å². The lowest BCUT2D eigenvalue weighted by molar-refractivity contribution is -0.141. The van der Waals surface area contributed by atoms with Gasteiger partial charge in [-0.3, -0.25) is 4.79 Å². The molecule has 0 bridgehead atoms. The van der Waals surface area contributed by atoms with Crippen LogP contribution in [0.4, 0.5) is 0 Å². The number of nitrogens with zero attached hydrogens (tertiary/aromatic N) is 1. The van der Waals surface area contributed by atoms with Crippen LogP contribution in [0.5, 0.6) is 0 Å². The van der Waals surface area contributed by atoms with Crippen molar-refractivity contribution < 1.29 is 19.1 Å². The van der Waals surface area contributed by atoms with Crippen molar-refractivity contribution >= 4 is 34.7 Å². The number of para-hydroxylation sites is 2. The van der Waals surface area contributed by atoms with Crippen LogP contribution >= 0.6 is 11.8 Å². The van der Waals surface area contributed by atoms with Crippen LogP contribution < -0.4 is 5.32 Å². The summed E-state index contributed by atoms with van der Waals surface area (Å²) in [5, 5.41) is 11.7. The fourth-order valence-electron chi connectivity index (χ4n) is 1.61. The summed E-state index contributed by atoms with van der Waals surface area (Å²) in [7, 11) is 0. The maximum Gasteiger partial charge on any atom is 0.326 e. The summed E-state index contributed by atoms with van der Waals surface area (Å²) < 4.78 is 5.45. The van der Waals surface area contributed by atoms with Gasteiger partial charge >= 0.3 is 5.97 Å². The van der Waals surface area contributed by atoms with E-state index in [1.165, 1.54) is 0 Å². The SMILES string of the molecule is CCC(NC(=O)CSc1nc2ccccc2o1)C(=O)O. The molecular weight excluding hydrogens is 280 g/mol. The summed E-state index contributed by atoms with van der Waals surface area (Å²) in [4.78, 5) is 26.7. The van der Waals surface area contributed by atoms with Gasteiger partial charge in [0.25, 0.3) is 5.22 Å². The fraction of sp³-hybridized carbons (Fsp3) is 0.308. The van der Waals surface area contributed by atoms with Crippen molar-refractivity contribution in [2.45, 2.75) is 24.6 Å². The molecule has 20 heavy (non-hydrogen) atoms. The summed E-state index contributed by atoms with van der Waals surface area (Å²) in [6.07, 6.45) is 0.342. The first kappa shape index (κ1) is 14.4. The minimum Gasteiger partial charge on any atom is -0.480 e. The zero-order valence-electron chi connectivity index (χ0n) is 10.8. The first-order valence-corrected chi connectivity index (χ1v) is 7.09. The second-order valence-corrected chi connectivity index (χ2v) is 5.03. The quantitative estimate of drug-likeness (QED) is 0.790. The Bertz CT molecular complexity index is 593. The van der Waals surface area contributed by atoms with Gasteiger partial charge in [0.15, 0.2) is 5.58 Å². The summed E-state index contributed by atoms with van der Waals surface area (Å²) in [6.45, 7) is 1.70. The number of aliphatic carboxylic acids is 1. The smallest absolute Gasteiger partial charge is 0.326 e. The highest BCUT2D eigenvalue weighted by Crippen LogP contribution is 2.22. The van der Waals surface area contributed by atoms with Crippen molar-refractivity contribution in [1.82, 2.24) is 10.3 Å². The number of benzene rings is 1. The minimum absolute atomic E-state index is 0.0661. The molecule has 0 spiro atoms. The lowest BCUT2D eigenvalue weighted by Crippen LogP contribution is -2.41. The average Bonchev–Trinajstić information content (AvgIpc) is 2.85. The highest BCUT2D eigenvalue weighted by atomic mass is 32.2. The number of aromatic nitrogens is 1. The molecule has 106 valence electrons. The Labute approximate surface area is 119 Å². The van der Waals surface area contributed by atoms with E-state index < -0.39 is 12.0 Å². The van der Waals surface area contributed by atoms with E-state index in [-0.39, 0.29) is 11.7 Å². The van der Waals surface area contributed by atoms with Gasteiger partial charge in [-0.25, -0.2) is 9.78 Å². The number of fused-ring (bicyclic) bond motifs is 1. The van der Waals surface area contributed by atoms with Crippen LogP contribution in [0.3, 0.4) is 0 Å². The van der Waals surface area contributed by atoms with E-state index in [1.54, 1.807) is 13.0 Å². The Morgan fingerprint density at radius 3 is 2.85 bits per heavy atom. The molecule has 1 aromatic carbocycles. The molecule has 0 saturated heterocycles. The Kier molecular flexibility index (Phi) is 4.62. The number of carbonyl (C=O) groups is 2. The molecule has 1 amide bonds. The molecule has 0 aliphatic carbocycles. The van der Waals surface area contributed by atoms with Crippen molar-refractivity contribution in [2.75, 3.05) is 5.75 Å². The number of carbonyl (C=O) groups excluding carboxylic acids is 1. The Balaban J connectivity index is 1.91. The predicted molar refractivity (Wildman–Crippen MR) is 74.6 cm³/mol. The number of amides is 1. The molecule has 1 heterocycles. The maximum atomic E-state index is 11.6. The zero-order valence-corrected chi connectivity index (χ0v) is 11.6. The van der Waals surface area contributed by atoms with E-state index in [0.717, 1.165) is 17.3 Å². The van der Waals surface area contributed by atoms with E-state index in [9.17, 15) is 9.59 Å². The number of carboxylic acid groups (broad SMARTS) is 1. The molecule has 1 unspecified atom stereocenters. The molecule has 2 aromatic rings. The summed E-state index contributed by atoms with van der Waals surface area (Å²) >= 11 is 1.14. The summed E-state index contributed by atoms with van der Waals surface area (Å²) in [5.41, 5.74) is 1.39. The summed E-state index contributed by atoms with van der Waals surface area (Å²) in [6, 6.07) is 6.45. The van der Waals surface area contributed by atoms with Gasteiger partial charge in [-0.05, 0) is 18.6 Å². The molecule has 1 aromatic heterocycles. The predicted octanol–water partition coefficient (Wildman–Crippen LogP) is 1.90. The highest BCUT2D eigenvalue weighted by Gasteiger charge is 2.18. The Morgan fingerprint density at radius 2 is 2.20 bits per heavy atom. The van der Waals surface area contributed by atoms with Crippen molar-refractivity contribution in [2.24, 2.45) is 0 Å². The number of nitrogens with one attached hydrogen (secondary N) is 1.